The highest BCUT2D eigenvalue weighted by atomic mass is 16.5. The van der Waals surface area contributed by atoms with Crippen molar-refractivity contribution in [2.45, 2.75) is 27.7 Å². The van der Waals surface area contributed by atoms with Gasteiger partial charge in [0.2, 0.25) is 11.9 Å². The van der Waals surface area contributed by atoms with Gasteiger partial charge in [-0.3, -0.25) is 0 Å². The quantitative estimate of drug-likeness (QED) is 0.383. The number of aryl methyl sites for hydroxylation is 4. The minimum Gasteiger partial charge on any atom is -0.424 e. The summed E-state index contributed by atoms with van der Waals surface area (Å²) in [5.74, 6) is 1.48. The average Bonchev–Trinajstić information content (AvgIpc) is 2.71. The van der Waals surface area contributed by atoms with E-state index in [1.807, 2.05) is 88.4 Å². The first kappa shape index (κ1) is 20.3. The predicted molar refractivity (Wildman–Crippen MR) is 125 cm³/mol. The van der Waals surface area contributed by atoms with Gasteiger partial charge < -0.3 is 15.4 Å². The minimum absolute atomic E-state index is 0.212. The number of benzene rings is 3. The average molecular weight is 412 g/mol. The molecule has 2 N–H and O–H groups in total. The molecule has 0 saturated heterocycles. The van der Waals surface area contributed by atoms with Crippen LogP contribution in [0.1, 0.15) is 22.3 Å². The molecular formula is C25H25N5O. The van der Waals surface area contributed by atoms with E-state index in [4.69, 9.17) is 4.74 Å². The summed E-state index contributed by atoms with van der Waals surface area (Å²) in [4.78, 5) is 13.5. The van der Waals surface area contributed by atoms with Gasteiger partial charge in [-0.25, -0.2) is 0 Å². The van der Waals surface area contributed by atoms with Crippen molar-refractivity contribution in [3.8, 4) is 11.8 Å². The lowest BCUT2D eigenvalue weighted by Gasteiger charge is -2.12. The molecular weight excluding hydrogens is 386 g/mol. The van der Waals surface area contributed by atoms with E-state index in [1.165, 1.54) is 11.1 Å². The number of hydrogen-bond donors (Lipinski definition) is 2. The van der Waals surface area contributed by atoms with E-state index in [0.717, 1.165) is 22.5 Å². The summed E-state index contributed by atoms with van der Waals surface area (Å²) in [6.45, 7) is 8.15. The zero-order chi connectivity index (χ0) is 21.8. The maximum absolute atomic E-state index is 5.99. The van der Waals surface area contributed by atoms with Crippen LogP contribution in [-0.2, 0) is 0 Å². The van der Waals surface area contributed by atoms with Gasteiger partial charge in [0.1, 0.15) is 5.75 Å². The van der Waals surface area contributed by atoms with Crippen molar-refractivity contribution < 1.29 is 4.74 Å². The van der Waals surface area contributed by atoms with Crippen molar-refractivity contribution in [3.05, 3.63) is 89.0 Å². The van der Waals surface area contributed by atoms with E-state index in [1.54, 1.807) is 0 Å². The van der Waals surface area contributed by atoms with E-state index < -0.39 is 0 Å². The fourth-order valence-electron chi connectivity index (χ4n) is 3.14. The third-order valence-electron chi connectivity index (χ3n) is 4.63. The van der Waals surface area contributed by atoms with E-state index >= 15 is 0 Å². The highest BCUT2D eigenvalue weighted by Gasteiger charge is 2.10. The van der Waals surface area contributed by atoms with Gasteiger partial charge in [0.15, 0.2) is 0 Å². The highest BCUT2D eigenvalue weighted by molar-refractivity contribution is 5.58. The summed E-state index contributed by atoms with van der Waals surface area (Å²) in [6.07, 6.45) is 0. The summed E-state index contributed by atoms with van der Waals surface area (Å²) in [6, 6.07) is 22.3. The van der Waals surface area contributed by atoms with Gasteiger partial charge in [-0.1, -0.05) is 41.5 Å². The molecule has 156 valence electrons. The molecule has 6 nitrogen and oxygen atoms in total. The summed E-state index contributed by atoms with van der Waals surface area (Å²) in [5, 5.41) is 6.47. The summed E-state index contributed by atoms with van der Waals surface area (Å²) >= 11 is 0. The Morgan fingerprint density at radius 3 is 1.45 bits per heavy atom. The molecule has 0 amide bonds. The first-order valence-electron chi connectivity index (χ1n) is 10.1. The van der Waals surface area contributed by atoms with Gasteiger partial charge in [-0.15, -0.1) is 0 Å². The molecule has 0 unspecified atom stereocenters. The van der Waals surface area contributed by atoms with Crippen molar-refractivity contribution in [1.82, 2.24) is 15.0 Å². The van der Waals surface area contributed by atoms with Crippen LogP contribution in [0.2, 0.25) is 0 Å². The van der Waals surface area contributed by atoms with Crippen molar-refractivity contribution in [2.75, 3.05) is 10.6 Å². The Morgan fingerprint density at radius 1 is 0.548 bits per heavy atom. The highest BCUT2D eigenvalue weighted by Crippen LogP contribution is 2.25. The van der Waals surface area contributed by atoms with Crippen LogP contribution < -0.4 is 15.4 Å². The molecule has 0 fully saturated rings. The lowest BCUT2D eigenvalue weighted by Crippen LogP contribution is -2.05. The summed E-state index contributed by atoms with van der Waals surface area (Å²) < 4.78 is 5.99. The topological polar surface area (TPSA) is 72.0 Å². The standard InChI is InChI=1S/C25H25N5O/c1-16-5-9-20(10-6-16)26-23-28-24(27-21-11-7-17(2)8-12-21)30-25(29-23)31-22-14-18(3)13-19(4)15-22/h5-15H,1-4H3,(H2,26,27,28,29,30). The van der Waals surface area contributed by atoms with Crippen LogP contribution >= 0.6 is 0 Å². The molecule has 3 aromatic carbocycles. The second kappa shape index (κ2) is 8.83. The van der Waals surface area contributed by atoms with Gasteiger partial charge >= 0.3 is 6.01 Å². The van der Waals surface area contributed by atoms with E-state index in [0.29, 0.717) is 17.6 Å². The lowest BCUT2D eigenvalue weighted by atomic mass is 10.1. The Balaban J connectivity index is 1.66. The van der Waals surface area contributed by atoms with E-state index in [9.17, 15) is 0 Å². The third-order valence-corrected chi connectivity index (χ3v) is 4.63. The number of rotatable bonds is 6. The van der Waals surface area contributed by atoms with Crippen LogP contribution in [0.15, 0.2) is 66.7 Å². The third kappa shape index (κ3) is 5.57. The number of anilines is 4. The normalized spacial score (nSPS) is 10.6. The van der Waals surface area contributed by atoms with Gasteiger partial charge in [0.05, 0.1) is 0 Å². The van der Waals surface area contributed by atoms with Crippen molar-refractivity contribution in [3.63, 3.8) is 0 Å². The van der Waals surface area contributed by atoms with Gasteiger partial charge in [0.25, 0.3) is 0 Å². The van der Waals surface area contributed by atoms with Crippen molar-refractivity contribution in [1.29, 1.82) is 0 Å². The van der Waals surface area contributed by atoms with E-state index in [-0.39, 0.29) is 6.01 Å². The molecule has 0 aliphatic carbocycles. The lowest BCUT2D eigenvalue weighted by molar-refractivity contribution is 0.441. The first-order chi connectivity index (χ1) is 14.9. The maximum atomic E-state index is 5.99. The molecule has 6 heteroatoms. The predicted octanol–water partition coefficient (Wildman–Crippen LogP) is 6.38. The second-order valence-corrected chi connectivity index (χ2v) is 7.67. The second-order valence-electron chi connectivity index (χ2n) is 7.67. The minimum atomic E-state index is 0.212. The Morgan fingerprint density at radius 2 is 1.00 bits per heavy atom. The maximum Gasteiger partial charge on any atom is 0.328 e. The van der Waals surface area contributed by atoms with Crippen LogP contribution in [-0.4, -0.2) is 15.0 Å². The van der Waals surface area contributed by atoms with Crippen molar-refractivity contribution in [2.24, 2.45) is 0 Å². The van der Waals surface area contributed by atoms with Crippen LogP contribution in [0, 0.1) is 27.7 Å². The van der Waals surface area contributed by atoms with Gasteiger partial charge in [-0.05, 0) is 75.2 Å². The molecule has 0 spiro atoms. The fraction of sp³-hybridized carbons (Fsp3) is 0.160. The number of aromatic nitrogens is 3. The Bertz CT molecular complexity index is 1100. The zero-order valence-corrected chi connectivity index (χ0v) is 18.1. The Kier molecular flexibility index (Phi) is 5.80. The molecule has 4 aromatic rings. The smallest absolute Gasteiger partial charge is 0.328 e. The Hall–Kier alpha value is -3.93. The summed E-state index contributed by atoms with van der Waals surface area (Å²) in [7, 11) is 0. The monoisotopic (exact) mass is 411 g/mol. The van der Waals surface area contributed by atoms with Gasteiger partial charge in [0, 0.05) is 11.4 Å². The fourth-order valence-corrected chi connectivity index (χ4v) is 3.14. The number of ether oxygens (including phenoxy) is 1. The summed E-state index contributed by atoms with van der Waals surface area (Å²) in [5.41, 5.74) is 6.36. The van der Waals surface area contributed by atoms with Crippen LogP contribution in [0.4, 0.5) is 23.3 Å². The Labute approximate surface area is 182 Å². The molecule has 0 atom stereocenters. The largest absolute Gasteiger partial charge is 0.424 e. The molecule has 0 aliphatic heterocycles. The van der Waals surface area contributed by atoms with Gasteiger partial charge in [-0.2, -0.15) is 15.0 Å². The number of hydrogen-bond acceptors (Lipinski definition) is 6. The first-order valence-corrected chi connectivity index (χ1v) is 10.1. The van der Waals surface area contributed by atoms with Crippen LogP contribution in [0.25, 0.3) is 0 Å². The molecule has 0 aliphatic rings. The molecule has 0 saturated carbocycles. The molecule has 4 rings (SSSR count). The van der Waals surface area contributed by atoms with E-state index in [2.05, 4.69) is 31.7 Å². The SMILES string of the molecule is Cc1ccc(Nc2nc(Nc3ccc(C)cc3)nc(Oc3cc(C)cc(C)c3)n2)cc1. The molecule has 0 bridgehead atoms. The molecule has 1 heterocycles. The van der Waals surface area contributed by atoms with Crippen LogP contribution in [0.3, 0.4) is 0 Å². The molecule has 31 heavy (non-hydrogen) atoms. The van der Waals surface area contributed by atoms with Crippen molar-refractivity contribution >= 4 is 23.3 Å². The number of nitrogens with one attached hydrogen (secondary N) is 2. The van der Waals surface area contributed by atoms with Crippen LogP contribution in [0.5, 0.6) is 11.8 Å². The molecule has 0 radical (unpaired) electrons. The number of nitrogens with zero attached hydrogens (tertiary/aromatic N) is 3. The molecule has 1 aromatic heterocycles. The zero-order valence-electron chi connectivity index (χ0n) is 18.1.